The predicted molar refractivity (Wildman–Crippen MR) is 69.8 cm³/mol. The van der Waals surface area contributed by atoms with Gasteiger partial charge in [0.15, 0.2) is 9.84 Å². The van der Waals surface area contributed by atoms with Gasteiger partial charge >= 0.3 is 5.97 Å². The van der Waals surface area contributed by atoms with E-state index in [1.807, 2.05) is 0 Å². The second-order valence-electron chi connectivity index (χ2n) is 4.90. The maximum atomic E-state index is 12.2. The Balaban J connectivity index is 2.73. The van der Waals surface area contributed by atoms with Crippen molar-refractivity contribution in [3.63, 3.8) is 0 Å². The quantitative estimate of drug-likeness (QED) is 0.753. The first kappa shape index (κ1) is 15.4. The van der Waals surface area contributed by atoms with E-state index in [1.165, 1.54) is 0 Å². The van der Waals surface area contributed by atoms with Crippen LogP contribution in [0.3, 0.4) is 0 Å². The van der Waals surface area contributed by atoms with Crippen LogP contribution in [0.2, 0.25) is 0 Å². The zero-order chi connectivity index (χ0) is 13.8. The summed E-state index contributed by atoms with van der Waals surface area (Å²) in [5, 5.41) is -0.597. The lowest BCUT2D eigenvalue weighted by molar-refractivity contribution is -0.139. The third-order valence-corrected chi connectivity index (χ3v) is 5.72. The number of esters is 1. The molecule has 0 bridgehead atoms. The van der Waals surface area contributed by atoms with E-state index >= 15 is 0 Å². The molecule has 0 aromatic heterocycles. The fraction of sp³-hybridized carbons (Fsp3) is 0.917. The molecule has 0 aromatic rings. The van der Waals surface area contributed by atoms with Crippen molar-refractivity contribution in [1.29, 1.82) is 0 Å². The minimum atomic E-state index is -3.50. The van der Waals surface area contributed by atoms with Crippen molar-refractivity contribution in [3.05, 3.63) is 0 Å². The molecule has 3 atom stereocenters. The smallest absolute Gasteiger partial charge is 0.321 e. The molecule has 0 spiro atoms. The predicted octanol–water partition coefficient (Wildman–Crippen LogP) is 0.870. The van der Waals surface area contributed by atoms with Crippen LogP contribution < -0.4 is 5.73 Å². The molecule has 5 nitrogen and oxygen atoms in total. The molecule has 1 aliphatic carbocycles. The third kappa shape index (κ3) is 3.95. The Labute approximate surface area is 109 Å². The van der Waals surface area contributed by atoms with Gasteiger partial charge in [-0.1, -0.05) is 13.3 Å². The summed E-state index contributed by atoms with van der Waals surface area (Å²) < 4.78 is 29.0. The van der Waals surface area contributed by atoms with Crippen LogP contribution in [0.1, 0.15) is 39.5 Å². The van der Waals surface area contributed by atoms with Crippen LogP contribution in [0.4, 0.5) is 0 Å². The van der Waals surface area contributed by atoms with Crippen LogP contribution >= 0.6 is 0 Å². The third-order valence-electron chi connectivity index (χ3n) is 3.61. The van der Waals surface area contributed by atoms with Gasteiger partial charge in [0.25, 0.3) is 0 Å². The number of rotatable bonds is 5. The van der Waals surface area contributed by atoms with E-state index in [0.29, 0.717) is 18.8 Å². The molecule has 106 valence electrons. The summed E-state index contributed by atoms with van der Waals surface area (Å²) in [5.41, 5.74) is 5.90. The second kappa shape index (κ2) is 6.52. The fourth-order valence-electron chi connectivity index (χ4n) is 2.49. The molecule has 0 saturated heterocycles. The molecule has 1 rings (SSSR count). The summed E-state index contributed by atoms with van der Waals surface area (Å²) in [6.45, 7) is 3.91. The van der Waals surface area contributed by atoms with Crippen LogP contribution in [0.25, 0.3) is 0 Å². The number of nitrogens with two attached hydrogens (primary N) is 1. The van der Waals surface area contributed by atoms with E-state index in [-0.39, 0.29) is 12.6 Å². The normalized spacial score (nSPS) is 28.9. The van der Waals surface area contributed by atoms with Crippen LogP contribution in [0.5, 0.6) is 0 Å². The summed E-state index contributed by atoms with van der Waals surface area (Å²) >= 11 is 0. The first-order valence-corrected chi connectivity index (χ1v) is 8.25. The molecule has 0 amide bonds. The van der Waals surface area contributed by atoms with Crippen molar-refractivity contribution in [2.45, 2.75) is 50.8 Å². The zero-order valence-corrected chi connectivity index (χ0v) is 11.9. The van der Waals surface area contributed by atoms with Gasteiger partial charge in [-0.2, -0.15) is 0 Å². The van der Waals surface area contributed by atoms with E-state index in [2.05, 4.69) is 6.92 Å². The Morgan fingerprint density at radius 2 is 2.00 bits per heavy atom. The van der Waals surface area contributed by atoms with Crippen molar-refractivity contribution >= 4 is 15.8 Å². The van der Waals surface area contributed by atoms with Gasteiger partial charge in [0, 0.05) is 6.04 Å². The van der Waals surface area contributed by atoms with Crippen molar-refractivity contribution in [2.24, 2.45) is 11.7 Å². The van der Waals surface area contributed by atoms with E-state index in [9.17, 15) is 13.2 Å². The first-order valence-electron chi connectivity index (χ1n) is 6.53. The molecule has 1 aliphatic rings. The molecule has 18 heavy (non-hydrogen) atoms. The molecule has 1 saturated carbocycles. The van der Waals surface area contributed by atoms with Gasteiger partial charge < -0.3 is 10.5 Å². The lowest BCUT2D eigenvalue weighted by atomic mass is 9.84. The summed E-state index contributed by atoms with van der Waals surface area (Å²) in [6.07, 6.45) is 3.21. The van der Waals surface area contributed by atoms with Gasteiger partial charge in [0.05, 0.1) is 11.9 Å². The molecule has 2 N–H and O–H groups in total. The van der Waals surface area contributed by atoms with Crippen molar-refractivity contribution in [1.82, 2.24) is 0 Å². The maximum Gasteiger partial charge on any atom is 0.321 e. The minimum Gasteiger partial charge on any atom is -0.465 e. The highest BCUT2D eigenvalue weighted by atomic mass is 32.2. The highest BCUT2D eigenvalue weighted by Gasteiger charge is 2.37. The summed E-state index contributed by atoms with van der Waals surface area (Å²) in [6, 6.07) is -0.354. The average Bonchev–Trinajstić information content (AvgIpc) is 2.29. The maximum absolute atomic E-state index is 12.2. The second-order valence-corrected chi connectivity index (χ2v) is 7.12. The lowest BCUT2D eigenvalue weighted by Crippen LogP contribution is -2.46. The minimum absolute atomic E-state index is 0.197. The Hall–Kier alpha value is -0.620. The Kier molecular flexibility index (Phi) is 5.59. The largest absolute Gasteiger partial charge is 0.465 e. The van der Waals surface area contributed by atoms with Crippen molar-refractivity contribution < 1.29 is 17.9 Å². The molecule has 3 unspecified atom stereocenters. The van der Waals surface area contributed by atoms with E-state index in [0.717, 1.165) is 12.8 Å². The molecule has 0 heterocycles. The van der Waals surface area contributed by atoms with Gasteiger partial charge in [0.2, 0.25) is 0 Å². The van der Waals surface area contributed by atoms with Gasteiger partial charge in [-0.3, -0.25) is 4.79 Å². The van der Waals surface area contributed by atoms with Crippen molar-refractivity contribution in [2.75, 3.05) is 12.4 Å². The average molecular weight is 277 g/mol. The molecule has 0 aliphatic heterocycles. The monoisotopic (exact) mass is 277 g/mol. The van der Waals surface area contributed by atoms with Gasteiger partial charge in [-0.05, 0) is 32.1 Å². The Bertz CT molecular complexity index is 380. The zero-order valence-electron chi connectivity index (χ0n) is 11.1. The summed E-state index contributed by atoms with van der Waals surface area (Å²) in [7, 11) is -3.50. The van der Waals surface area contributed by atoms with E-state index in [4.69, 9.17) is 10.5 Å². The summed E-state index contributed by atoms with van der Waals surface area (Å²) in [4.78, 5) is 11.3. The van der Waals surface area contributed by atoms with Crippen LogP contribution in [-0.2, 0) is 19.4 Å². The molecule has 1 fully saturated rings. The Morgan fingerprint density at radius 1 is 1.33 bits per heavy atom. The molecular weight excluding hydrogens is 254 g/mol. The topological polar surface area (TPSA) is 86.5 Å². The Morgan fingerprint density at radius 3 is 2.56 bits per heavy atom. The van der Waals surface area contributed by atoms with Gasteiger partial charge in [-0.25, -0.2) is 8.42 Å². The van der Waals surface area contributed by atoms with Gasteiger partial charge in [-0.15, -0.1) is 0 Å². The van der Waals surface area contributed by atoms with E-state index < -0.39 is 26.8 Å². The fourth-order valence-corrected chi connectivity index (χ4v) is 4.35. The number of carbonyl (C=O) groups excluding carboxylic acids is 1. The first-order chi connectivity index (χ1) is 8.40. The van der Waals surface area contributed by atoms with Crippen molar-refractivity contribution in [3.8, 4) is 0 Å². The van der Waals surface area contributed by atoms with Crippen LogP contribution in [0, 0.1) is 5.92 Å². The van der Waals surface area contributed by atoms with Gasteiger partial charge in [0.1, 0.15) is 5.75 Å². The number of carbonyl (C=O) groups is 1. The highest BCUT2D eigenvalue weighted by Crippen LogP contribution is 2.30. The molecular formula is C12H23NO4S. The number of hydrogen-bond acceptors (Lipinski definition) is 5. The summed E-state index contributed by atoms with van der Waals surface area (Å²) in [5.74, 6) is -0.828. The van der Waals surface area contributed by atoms with Crippen LogP contribution in [0.15, 0.2) is 0 Å². The lowest BCUT2D eigenvalue weighted by Gasteiger charge is -2.33. The highest BCUT2D eigenvalue weighted by molar-refractivity contribution is 7.92. The SMILES string of the molecule is CCOC(=O)CS(=O)(=O)C1CC(CC)CCC1N. The number of ether oxygens (including phenoxy) is 1. The standard InChI is InChI=1S/C12H23NO4S/c1-3-9-5-6-10(13)11(7-9)18(15,16)8-12(14)17-4-2/h9-11H,3-8,13H2,1-2H3. The molecule has 6 heteroatoms. The molecule has 0 radical (unpaired) electrons. The van der Waals surface area contributed by atoms with E-state index in [1.54, 1.807) is 6.92 Å². The number of sulfone groups is 1. The number of hydrogen-bond donors (Lipinski definition) is 1. The van der Waals surface area contributed by atoms with Crippen LogP contribution in [-0.4, -0.2) is 38.0 Å². The molecule has 0 aromatic carbocycles.